The fraction of sp³-hybridized carbons (Fsp3) is 0.667. The van der Waals surface area contributed by atoms with Crippen LogP contribution in [0, 0.1) is 0 Å². The Morgan fingerprint density at radius 1 is 1.00 bits per heavy atom. The van der Waals surface area contributed by atoms with Gasteiger partial charge in [0, 0.05) is 24.4 Å². The number of carbonyl (C=O) groups excluding carboxylic acids is 2. The van der Waals surface area contributed by atoms with E-state index in [0.717, 1.165) is 25.8 Å². The fourth-order valence-electron chi connectivity index (χ4n) is 2.09. The van der Waals surface area contributed by atoms with E-state index in [1.165, 1.54) is 44.6 Å². The lowest BCUT2D eigenvalue weighted by atomic mass is 10.1. The van der Waals surface area contributed by atoms with E-state index < -0.39 is 0 Å². The van der Waals surface area contributed by atoms with Crippen LogP contribution < -0.4 is 11.1 Å². The molecule has 0 unspecified atom stereocenters. The third kappa shape index (κ3) is 14.9. The first-order chi connectivity index (χ1) is 11.1. The van der Waals surface area contributed by atoms with Crippen molar-refractivity contribution in [1.29, 1.82) is 0 Å². The maximum atomic E-state index is 10.8. The summed E-state index contributed by atoms with van der Waals surface area (Å²) in [6.45, 7) is 6.45. The minimum atomic E-state index is -0.378. The molecule has 23 heavy (non-hydrogen) atoms. The molecule has 0 saturated heterocycles. The number of hydrogen-bond acceptors (Lipinski definition) is 4. The molecule has 0 aromatic carbocycles. The second-order valence-corrected chi connectivity index (χ2v) is 5.70. The number of ether oxygens (including phenoxy) is 1. The maximum Gasteiger partial charge on any atom is 0.330 e. The van der Waals surface area contributed by atoms with E-state index in [0.29, 0.717) is 12.2 Å². The summed E-state index contributed by atoms with van der Waals surface area (Å²) >= 11 is 0. The summed E-state index contributed by atoms with van der Waals surface area (Å²) in [6.07, 6.45) is 13.5. The van der Waals surface area contributed by atoms with Gasteiger partial charge in [0.2, 0.25) is 5.91 Å². The molecule has 0 aliphatic heterocycles. The Hall–Kier alpha value is -1.78. The molecule has 0 rings (SSSR count). The zero-order valence-electron chi connectivity index (χ0n) is 14.4. The Morgan fingerprint density at radius 3 is 2.04 bits per heavy atom. The number of amides is 1. The van der Waals surface area contributed by atoms with Gasteiger partial charge in [-0.3, -0.25) is 4.79 Å². The summed E-state index contributed by atoms with van der Waals surface area (Å²) in [4.78, 5) is 21.6. The van der Waals surface area contributed by atoms with Gasteiger partial charge in [0.15, 0.2) is 0 Å². The van der Waals surface area contributed by atoms with E-state index in [9.17, 15) is 9.59 Å². The third-order valence-electron chi connectivity index (χ3n) is 3.58. The van der Waals surface area contributed by atoms with Crippen molar-refractivity contribution in [2.75, 3.05) is 13.2 Å². The van der Waals surface area contributed by atoms with E-state index in [-0.39, 0.29) is 11.9 Å². The molecule has 5 heteroatoms. The molecule has 5 nitrogen and oxygen atoms in total. The first-order valence-electron chi connectivity index (χ1n) is 8.57. The van der Waals surface area contributed by atoms with Crippen molar-refractivity contribution in [3.8, 4) is 0 Å². The van der Waals surface area contributed by atoms with Gasteiger partial charge in [-0.2, -0.15) is 0 Å². The van der Waals surface area contributed by atoms with E-state index in [2.05, 4.69) is 11.9 Å². The molecule has 0 aliphatic rings. The van der Waals surface area contributed by atoms with Crippen LogP contribution >= 0.6 is 0 Å². The second kappa shape index (κ2) is 15.1. The van der Waals surface area contributed by atoms with Crippen LogP contribution in [-0.4, -0.2) is 25.0 Å². The van der Waals surface area contributed by atoms with Crippen LogP contribution in [0.3, 0.4) is 0 Å². The molecule has 0 spiro atoms. The average Bonchev–Trinajstić information content (AvgIpc) is 2.54. The summed E-state index contributed by atoms with van der Waals surface area (Å²) in [7, 11) is 0. The highest BCUT2D eigenvalue weighted by atomic mass is 16.5. The molecule has 3 N–H and O–H groups in total. The van der Waals surface area contributed by atoms with E-state index in [1.54, 1.807) is 13.1 Å². The molecule has 0 aliphatic carbocycles. The number of esters is 1. The lowest BCUT2D eigenvalue weighted by Crippen LogP contribution is -2.16. The lowest BCUT2D eigenvalue weighted by Gasteiger charge is -2.04. The molecular weight excluding hydrogens is 292 g/mol. The Balaban J connectivity index is 3.19. The van der Waals surface area contributed by atoms with E-state index in [1.807, 2.05) is 0 Å². The molecule has 0 atom stereocenters. The second-order valence-electron chi connectivity index (χ2n) is 5.70. The van der Waals surface area contributed by atoms with Gasteiger partial charge < -0.3 is 15.8 Å². The molecule has 0 aromatic rings. The number of hydrogen-bond donors (Lipinski definition) is 2. The van der Waals surface area contributed by atoms with Gasteiger partial charge >= 0.3 is 5.97 Å². The summed E-state index contributed by atoms with van der Waals surface area (Å²) < 4.78 is 4.92. The molecule has 132 valence electrons. The topological polar surface area (TPSA) is 81.4 Å². The highest BCUT2D eigenvalue weighted by Crippen LogP contribution is 2.09. The number of carbonyl (C=O) groups is 2. The van der Waals surface area contributed by atoms with Crippen molar-refractivity contribution in [3.63, 3.8) is 0 Å². The minimum absolute atomic E-state index is 0.334. The predicted octanol–water partition coefficient (Wildman–Crippen LogP) is 3.21. The van der Waals surface area contributed by atoms with Gasteiger partial charge in [-0.25, -0.2) is 4.79 Å². The van der Waals surface area contributed by atoms with Crippen LogP contribution in [0.1, 0.15) is 64.7 Å². The monoisotopic (exact) mass is 324 g/mol. The highest BCUT2D eigenvalue weighted by molar-refractivity contribution is 5.91. The van der Waals surface area contributed by atoms with Gasteiger partial charge in [-0.15, -0.1) is 0 Å². The van der Waals surface area contributed by atoms with Crippen molar-refractivity contribution in [1.82, 2.24) is 5.32 Å². The number of nitrogens with two attached hydrogens (primary N) is 1. The van der Waals surface area contributed by atoms with Gasteiger partial charge in [0.25, 0.3) is 0 Å². The zero-order valence-corrected chi connectivity index (χ0v) is 14.4. The third-order valence-corrected chi connectivity index (χ3v) is 3.58. The number of unbranched alkanes of at least 4 members (excludes halogenated alkanes) is 8. The predicted molar refractivity (Wildman–Crippen MR) is 93.7 cm³/mol. The van der Waals surface area contributed by atoms with E-state index in [4.69, 9.17) is 10.5 Å². The summed E-state index contributed by atoms with van der Waals surface area (Å²) in [6, 6.07) is 0. The van der Waals surface area contributed by atoms with Crippen LogP contribution in [0.25, 0.3) is 0 Å². The van der Waals surface area contributed by atoms with Gasteiger partial charge in [-0.1, -0.05) is 51.5 Å². The Kier molecular flexibility index (Phi) is 14.0. The van der Waals surface area contributed by atoms with Crippen molar-refractivity contribution in [2.24, 2.45) is 5.73 Å². The van der Waals surface area contributed by atoms with Gasteiger partial charge in [0.05, 0.1) is 6.61 Å². The average molecular weight is 324 g/mol. The molecule has 0 aromatic heterocycles. The normalized spacial score (nSPS) is 11.1. The van der Waals surface area contributed by atoms with Crippen molar-refractivity contribution in [2.45, 2.75) is 64.7 Å². The Morgan fingerprint density at radius 2 is 1.52 bits per heavy atom. The smallest absolute Gasteiger partial charge is 0.330 e. The number of rotatable bonds is 15. The molecule has 0 fully saturated rings. The first-order valence-corrected chi connectivity index (χ1v) is 8.57. The molecule has 1 amide bonds. The Labute approximate surface area is 140 Å². The minimum Gasteiger partial charge on any atom is -0.463 e. The quantitative estimate of drug-likeness (QED) is 0.275. The first kappa shape index (κ1) is 21.2. The maximum absolute atomic E-state index is 10.8. The van der Waals surface area contributed by atoms with Crippen molar-refractivity contribution >= 4 is 11.9 Å². The fourth-order valence-corrected chi connectivity index (χ4v) is 2.09. The lowest BCUT2D eigenvalue weighted by molar-refractivity contribution is -0.137. The van der Waals surface area contributed by atoms with Crippen LogP contribution in [0.15, 0.2) is 24.4 Å². The van der Waals surface area contributed by atoms with Crippen LogP contribution in [-0.2, 0) is 14.3 Å². The van der Waals surface area contributed by atoms with Crippen LogP contribution in [0.4, 0.5) is 0 Å². The van der Waals surface area contributed by atoms with Gasteiger partial charge in [-0.05, 0) is 19.8 Å². The van der Waals surface area contributed by atoms with E-state index >= 15 is 0 Å². The molecule has 0 saturated carbocycles. The SMILES string of the molecule is C=CC(=O)OCCCCCCCCCCCN/C=C(/C)C(N)=O. The summed E-state index contributed by atoms with van der Waals surface area (Å²) in [5, 5.41) is 3.10. The van der Waals surface area contributed by atoms with Crippen molar-refractivity contribution < 1.29 is 14.3 Å². The molecule has 0 radical (unpaired) electrons. The zero-order chi connectivity index (χ0) is 17.3. The van der Waals surface area contributed by atoms with Crippen molar-refractivity contribution in [3.05, 3.63) is 24.4 Å². The highest BCUT2D eigenvalue weighted by Gasteiger charge is 1.97. The number of nitrogens with one attached hydrogen (secondary N) is 1. The molecule has 0 bridgehead atoms. The summed E-state index contributed by atoms with van der Waals surface area (Å²) in [5.74, 6) is -0.712. The standard InChI is InChI=1S/C18H32N2O3/c1-3-17(21)23-14-12-10-8-6-4-5-7-9-11-13-20-15-16(2)18(19)22/h3,15,20H,1,4-14H2,2H3,(H2,19,22)/b16-15-. The Bertz CT molecular complexity index is 378. The van der Waals surface area contributed by atoms with Crippen LogP contribution in [0.2, 0.25) is 0 Å². The van der Waals surface area contributed by atoms with Gasteiger partial charge in [0.1, 0.15) is 0 Å². The molecular formula is C18H32N2O3. The molecule has 0 heterocycles. The summed E-state index contributed by atoms with van der Waals surface area (Å²) in [5.41, 5.74) is 5.69. The largest absolute Gasteiger partial charge is 0.463 e. The van der Waals surface area contributed by atoms with Crippen LogP contribution in [0.5, 0.6) is 0 Å². The number of primary amides is 1.